The largest absolute Gasteiger partial charge is 0.493 e. The average Bonchev–Trinajstić information content (AvgIpc) is 3.51. The van der Waals surface area contributed by atoms with Crippen LogP contribution in [0.25, 0.3) is 0 Å². The highest BCUT2D eigenvalue weighted by Gasteiger charge is 2.42. The number of nitrogens with zero attached hydrogens (tertiary/aromatic N) is 2. The molecule has 1 amide bonds. The van der Waals surface area contributed by atoms with Crippen LogP contribution < -0.4 is 9.47 Å². The van der Waals surface area contributed by atoms with E-state index in [1.54, 1.807) is 12.0 Å². The fourth-order valence-corrected chi connectivity index (χ4v) is 5.98. The Morgan fingerprint density at radius 1 is 1.00 bits per heavy atom. The molecule has 1 heterocycles. The van der Waals surface area contributed by atoms with Gasteiger partial charge < -0.3 is 19.5 Å². The lowest BCUT2D eigenvalue weighted by atomic mass is 9.91. The first-order valence-electron chi connectivity index (χ1n) is 13.6. The van der Waals surface area contributed by atoms with Crippen molar-refractivity contribution < 1.29 is 24.2 Å². The summed E-state index contributed by atoms with van der Waals surface area (Å²) in [6, 6.07) is 22.0. The quantitative estimate of drug-likeness (QED) is 0.410. The number of likely N-dealkylation sites (N-methyl/N-ethyl adjacent to an activating group) is 1. The van der Waals surface area contributed by atoms with Gasteiger partial charge in [0.25, 0.3) is 0 Å². The molecule has 3 aromatic rings. The van der Waals surface area contributed by atoms with Gasteiger partial charge in [0.15, 0.2) is 11.5 Å². The number of aliphatic carboxylic acids is 1. The fourth-order valence-electron chi connectivity index (χ4n) is 5.98. The second-order valence-electron chi connectivity index (χ2n) is 10.5. The second kappa shape index (κ2) is 11.9. The SMILES string of the molecule is COc1ccc2c(c1OCc1ccccc1)C[C@H](C(=O)O)N(C(=O)C(c1ccccc1)N(C)C1CCCC1)C2. The van der Waals surface area contributed by atoms with Gasteiger partial charge in [0.05, 0.1) is 7.11 Å². The van der Waals surface area contributed by atoms with Crippen LogP contribution in [0.1, 0.15) is 54.0 Å². The van der Waals surface area contributed by atoms with E-state index in [9.17, 15) is 14.7 Å². The number of carbonyl (C=O) groups excluding carboxylic acids is 1. The second-order valence-corrected chi connectivity index (χ2v) is 10.5. The van der Waals surface area contributed by atoms with E-state index < -0.39 is 18.1 Å². The van der Waals surface area contributed by atoms with E-state index >= 15 is 0 Å². The summed E-state index contributed by atoms with van der Waals surface area (Å²) in [5, 5.41) is 10.3. The van der Waals surface area contributed by atoms with Crippen LogP contribution in [0, 0.1) is 0 Å². The van der Waals surface area contributed by atoms with Gasteiger partial charge in [-0.15, -0.1) is 0 Å². The summed E-state index contributed by atoms with van der Waals surface area (Å²) in [5.74, 6) is -0.117. The molecule has 0 bridgehead atoms. The molecule has 7 nitrogen and oxygen atoms in total. The van der Waals surface area contributed by atoms with Crippen LogP contribution in [0.2, 0.25) is 0 Å². The van der Waals surface area contributed by atoms with Gasteiger partial charge in [0.2, 0.25) is 5.91 Å². The summed E-state index contributed by atoms with van der Waals surface area (Å²) in [7, 11) is 3.58. The minimum absolute atomic E-state index is 0.145. The number of ether oxygens (including phenoxy) is 2. The van der Waals surface area contributed by atoms with Crippen molar-refractivity contribution in [3.63, 3.8) is 0 Å². The van der Waals surface area contributed by atoms with Gasteiger partial charge in [-0.3, -0.25) is 9.69 Å². The molecule has 0 radical (unpaired) electrons. The van der Waals surface area contributed by atoms with Gasteiger partial charge in [0.1, 0.15) is 18.7 Å². The predicted molar refractivity (Wildman–Crippen MR) is 149 cm³/mol. The van der Waals surface area contributed by atoms with Crippen molar-refractivity contribution in [1.82, 2.24) is 9.80 Å². The first-order chi connectivity index (χ1) is 19.0. The number of rotatable bonds is 9. The van der Waals surface area contributed by atoms with Crippen LogP contribution in [0.3, 0.4) is 0 Å². The molecule has 0 spiro atoms. The molecule has 1 fully saturated rings. The van der Waals surface area contributed by atoms with E-state index in [0.717, 1.165) is 47.9 Å². The monoisotopic (exact) mass is 528 g/mol. The molecule has 0 saturated heterocycles. The molecule has 5 rings (SSSR count). The maximum atomic E-state index is 14.3. The normalized spacial score (nSPS) is 18.0. The molecule has 2 aliphatic rings. The average molecular weight is 529 g/mol. The minimum atomic E-state index is -1.03. The first kappa shape index (κ1) is 26.8. The predicted octanol–water partition coefficient (Wildman–Crippen LogP) is 5.23. The van der Waals surface area contributed by atoms with E-state index in [1.807, 2.05) is 79.8 Å². The summed E-state index contributed by atoms with van der Waals surface area (Å²) in [4.78, 5) is 30.6. The molecule has 2 atom stereocenters. The van der Waals surface area contributed by atoms with E-state index in [4.69, 9.17) is 9.47 Å². The van der Waals surface area contributed by atoms with Crippen LogP contribution in [0.4, 0.5) is 0 Å². The van der Waals surface area contributed by atoms with Crippen molar-refractivity contribution in [3.05, 3.63) is 95.1 Å². The third-order valence-corrected chi connectivity index (χ3v) is 8.11. The Kier molecular flexibility index (Phi) is 8.17. The van der Waals surface area contributed by atoms with Crippen LogP contribution in [-0.2, 0) is 29.2 Å². The number of carboxylic acids is 1. The molecule has 3 aromatic carbocycles. The Bertz CT molecular complexity index is 1290. The Balaban J connectivity index is 1.48. The molecule has 204 valence electrons. The van der Waals surface area contributed by atoms with Gasteiger partial charge >= 0.3 is 5.97 Å². The lowest BCUT2D eigenvalue weighted by Gasteiger charge is -2.40. The highest BCUT2D eigenvalue weighted by molar-refractivity contribution is 5.89. The lowest BCUT2D eigenvalue weighted by molar-refractivity contribution is -0.154. The molecular formula is C32H36N2O5. The molecule has 1 aliphatic heterocycles. The van der Waals surface area contributed by atoms with E-state index in [1.165, 1.54) is 0 Å². The number of carboxylic acid groups (broad SMARTS) is 1. The van der Waals surface area contributed by atoms with Crippen molar-refractivity contribution in [1.29, 1.82) is 0 Å². The van der Waals surface area contributed by atoms with Crippen LogP contribution in [-0.4, -0.2) is 53.0 Å². The number of carbonyl (C=O) groups is 2. The number of hydrogen-bond acceptors (Lipinski definition) is 5. The maximum Gasteiger partial charge on any atom is 0.326 e. The third kappa shape index (κ3) is 5.64. The highest BCUT2D eigenvalue weighted by atomic mass is 16.5. The number of amides is 1. The fraction of sp³-hybridized carbons (Fsp3) is 0.375. The number of benzene rings is 3. The van der Waals surface area contributed by atoms with Crippen LogP contribution in [0.15, 0.2) is 72.8 Å². The van der Waals surface area contributed by atoms with Crippen LogP contribution >= 0.6 is 0 Å². The zero-order valence-electron chi connectivity index (χ0n) is 22.6. The molecule has 7 heteroatoms. The lowest BCUT2D eigenvalue weighted by Crippen LogP contribution is -2.53. The van der Waals surface area contributed by atoms with E-state index in [2.05, 4.69) is 4.90 Å². The van der Waals surface area contributed by atoms with Gasteiger partial charge in [-0.1, -0.05) is 79.6 Å². The molecular weight excluding hydrogens is 492 g/mol. The highest BCUT2D eigenvalue weighted by Crippen LogP contribution is 2.40. The standard InChI is InChI=1S/C32H36N2O5/c1-33(25-15-9-10-16-25)29(23-13-7-4-8-14-23)31(35)34-20-24-17-18-28(38-2)30(26(24)19-27(34)32(36)37)39-21-22-11-5-3-6-12-22/h3-8,11-14,17-18,25,27,29H,9-10,15-16,19-21H2,1-2H3,(H,36,37)/t27-,29?/m1/s1. The number of hydrogen-bond donors (Lipinski definition) is 1. The third-order valence-electron chi connectivity index (χ3n) is 8.11. The zero-order chi connectivity index (χ0) is 27.4. The molecule has 1 saturated carbocycles. The first-order valence-corrected chi connectivity index (χ1v) is 13.6. The minimum Gasteiger partial charge on any atom is -0.493 e. The summed E-state index contributed by atoms with van der Waals surface area (Å²) < 4.78 is 11.8. The number of fused-ring (bicyclic) bond motifs is 1. The summed E-state index contributed by atoms with van der Waals surface area (Å²) >= 11 is 0. The smallest absolute Gasteiger partial charge is 0.326 e. The summed E-state index contributed by atoms with van der Waals surface area (Å²) in [6.07, 6.45) is 4.52. The van der Waals surface area contributed by atoms with Crippen molar-refractivity contribution in [2.24, 2.45) is 0 Å². The van der Waals surface area contributed by atoms with Gasteiger partial charge in [-0.25, -0.2) is 4.79 Å². The van der Waals surface area contributed by atoms with Crippen LogP contribution in [0.5, 0.6) is 11.5 Å². The van der Waals surface area contributed by atoms with Crippen molar-refractivity contribution in [2.45, 2.75) is 63.4 Å². The summed E-state index contributed by atoms with van der Waals surface area (Å²) in [5.41, 5.74) is 3.54. The topological polar surface area (TPSA) is 79.3 Å². The molecule has 39 heavy (non-hydrogen) atoms. The Hall–Kier alpha value is -3.84. The summed E-state index contributed by atoms with van der Waals surface area (Å²) in [6.45, 7) is 0.523. The van der Waals surface area contributed by atoms with Crippen molar-refractivity contribution in [2.75, 3.05) is 14.2 Å². The molecule has 0 aromatic heterocycles. The molecule has 1 unspecified atom stereocenters. The molecule has 1 aliphatic carbocycles. The van der Waals surface area contributed by atoms with Gasteiger partial charge in [-0.05, 0) is 42.6 Å². The maximum absolute atomic E-state index is 14.3. The zero-order valence-corrected chi connectivity index (χ0v) is 22.6. The number of methoxy groups -OCH3 is 1. The van der Waals surface area contributed by atoms with E-state index in [-0.39, 0.29) is 18.9 Å². The Labute approximate surface area is 230 Å². The Morgan fingerprint density at radius 2 is 1.67 bits per heavy atom. The van der Waals surface area contributed by atoms with Gasteiger partial charge in [0, 0.05) is 24.6 Å². The van der Waals surface area contributed by atoms with Crippen molar-refractivity contribution in [3.8, 4) is 11.5 Å². The van der Waals surface area contributed by atoms with Gasteiger partial charge in [-0.2, -0.15) is 0 Å². The Morgan fingerprint density at radius 3 is 2.31 bits per heavy atom. The van der Waals surface area contributed by atoms with E-state index in [0.29, 0.717) is 24.1 Å². The van der Waals surface area contributed by atoms with Crippen molar-refractivity contribution >= 4 is 11.9 Å². The molecule has 1 N–H and O–H groups in total.